The van der Waals surface area contributed by atoms with Gasteiger partial charge in [-0.05, 0) is 49.1 Å². The van der Waals surface area contributed by atoms with E-state index in [0.29, 0.717) is 5.57 Å². The molecule has 0 spiro atoms. The fourth-order valence-electron chi connectivity index (χ4n) is 1.94. The van der Waals surface area contributed by atoms with Crippen molar-refractivity contribution >= 4 is 12.0 Å². The van der Waals surface area contributed by atoms with Gasteiger partial charge in [-0.15, -0.1) is 0 Å². The predicted octanol–water partition coefficient (Wildman–Crippen LogP) is 2.59. The smallest absolute Gasteiger partial charge is 0.333 e. The zero-order valence-electron chi connectivity index (χ0n) is 10.2. The third-order valence-electron chi connectivity index (χ3n) is 2.82. The zero-order chi connectivity index (χ0) is 12.3. The standard InChI is InChI=1S/C14H16O3/c1-10(14(15)16-2)8-11-5-6-13-12(9-11)4-3-7-17-13/h5-6,8-9H,3-4,7H2,1-2H3/b10-8+. The van der Waals surface area contributed by atoms with Crippen LogP contribution in [0, 0.1) is 0 Å². The lowest BCUT2D eigenvalue weighted by Crippen LogP contribution is -2.08. The summed E-state index contributed by atoms with van der Waals surface area (Å²) in [5.74, 6) is 0.670. The van der Waals surface area contributed by atoms with Crippen LogP contribution in [-0.2, 0) is 16.0 Å². The van der Waals surface area contributed by atoms with E-state index in [2.05, 4.69) is 10.8 Å². The topological polar surface area (TPSA) is 35.5 Å². The van der Waals surface area contributed by atoms with Crippen LogP contribution in [0.15, 0.2) is 23.8 Å². The highest BCUT2D eigenvalue weighted by Gasteiger charge is 2.10. The number of carbonyl (C=O) groups is 1. The molecule has 0 radical (unpaired) electrons. The Balaban J connectivity index is 2.25. The summed E-state index contributed by atoms with van der Waals surface area (Å²) in [6.07, 6.45) is 3.92. The average Bonchev–Trinajstić information content (AvgIpc) is 2.37. The van der Waals surface area contributed by atoms with Crippen molar-refractivity contribution in [2.75, 3.05) is 13.7 Å². The van der Waals surface area contributed by atoms with Gasteiger partial charge in [-0.25, -0.2) is 4.79 Å². The summed E-state index contributed by atoms with van der Waals surface area (Å²) in [4.78, 5) is 11.3. The molecule has 90 valence electrons. The third kappa shape index (κ3) is 2.67. The fraction of sp³-hybridized carbons (Fsp3) is 0.357. The molecule has 1 heterocycles. The number of aryl methyl sites for hydroxylation is 1. The largest absolute Gasteiger partial charge is 0.493 e. The van der Waals surface area contributed by atoms with E-state index >= 15 is 0 Å². The lowest BCUT2D eigenvalue weighted by Gasteiger charge is -2.17. The number of hydrogen-bond donors (Lipinski definition) is 0. The first-order chi connectivity index (χ1) is 8.20. The second kappa shape index (κ2) is 5.04. The summed E-state index contributed by atoms with van der Waals surface area (Å²) in [5.41, 5.74) is 2.82. The van der Waals surface area contributed by atoms with Gasteiger partial charge in [0, 0.05) is 5.57 Å². The highest BCUT2D eigenvalue weighted by Crippen LogP contribution is 2.26. The SMILES string of the molecule is COC(=O)/C(C)=C/c1ccc2c(c1)CCCO2. The Labute approximate surface area is 101 Å². The summed E-state index contributed by atoms with van der Waals surface area (Å²) in [5, 5.41) is 0. The van der Waals surface area contributed by atoms with E-state index in [1.807, 2.05) is 18.2 Å². The van der Waals surface area contributed by atoms with Gasteiger partial charge in [0.15, 0.2) is 0 Å². The molecular formula is C14H16O3. The quantitative estimate of drug-likeness (QED) is 0.580. The number of carbonyl (C=O) groups excluding carboxylic acids is 1. The van der Waals surface area contributed by atoms with Gasteiger partial charge >= 0.3 is 5.97 Å². The van der Waals surface area contributed by atoms with Crippen molar-refractivity contribution < 1.29 is 14.3 Å². The molecule has 0 aliphatic carbocycles. The van der Waals surface area contributed by atoms with Crippen LogP contribution in [-0.4, -0.2) is 19.7 Å². The highest BCUT2D eigenvalue weighted by atomic mass is 16.5. The highest BCUT2D eigenvalue weighted by molar-refractivity contribution is 5.92. The van der Waals surface area contributed by atoms with E-state index < -0.39 is 0 Å². The van der Waals surface area contributed by atoms with Crippen molar-refractivity contribution in [2.24, 2.45) is 0 Å². The van der Waals surface area contributed by atoms with Gasteiger partial charge < -0.3 is 9.47 Å². The minimum atomic E-state index is -0.293. The van der Waals surface area contributed by atoms with Crippen LogP contribution < -0.4 is 4.74 Å². The predicted molar refractivity (Wildman–Crippen MR) is 65.9 cm³/mol. The summed E-state index contributed by atoms with van der Waals surface area (Å²) in [7, 11) is 1.39. The minimum absolute atomic E-state index is 0.293. The molecule has 3 nitrogen and oxygen atoms in total. The van der Waals surface area contributed by atoms with Gasteiger partial charge in [0.25, 0.3) is 0 Å². The van der Waals surface area contributed by atoms with Crippen molar-refractivity contribution in [1.29, 1.82) is 0 Å². The first kappa shape index (κ1) is 11.7. The number of benzene rings is 1. The maximum absolute atomic E-state index is 11.3. The Morgan fingerprint density at radius 1 is 1.47 bits per heavy atom. The van der Waals surface area contributed by atoms with E-state index in [0.717, 1.165) is 30.8 Å². The molecule has 0 fully saturated rings. The van der Waals surface area contributed by atoms with Crippen molar-refractivity contribution in [3.05, 3.63) is 34.9 Å². The second-order valence-electron chi connectivity index (χ2n) is 4.14. The molecule has 1 aromatic rings. The Bertz CT molecular complexity index is 461. The Kier molecular flexibility index (Phi) is 3.47. The number of esters is 1. The number of hydrogen-bond acceptors (Lipinski definition) is 3. The fourth-order valence-corrected chi connectivity index (χ4v) is 1.94. The molecule has 1 aliphatic heterocycles. The van der Waals surface area contributed by atoms with Crippen molar-refractivity contribution in [2.45, 2.75) is 19.8 Å². The molecule has 1 aromatic carbocycles. The molecule has 0 unspecified atom stereocenters. The van der Waals surface area contributed by atoms with Crippen LogP contribution in [0.2, 0.25) is 0 Å². The summed E-state index contributed by atoms with van der Waals surface area (Å²) >= 11 is 0. The molecule has 0 amide bonds. The molecule has 1 aliphatic rings. The van der Waals surface area contributed by atoms with Crippen molar-refractivity contribution in [3.63, 3.8) is 0 Å². The number of fused-ring (bicyclic) bond motifs is 1. The van der Waals surface area contributed by atoms with Gasteiger partial charge in [-0.3, -0.25) is 0 Å². The van der Waals surface area contributed by atoms with Crippen molar-refractivity contribution in [3.8, 4) is 5.75 Å². The lowest BCUT2D eigenvalue weighted by molar-refractivity contribution is -0.135. The number of ether oxygens (including phenoxy) is 2. The molecule has 0 saturated carbocycles. The molecular weight excluding hydrogens is 216 g/mol. The van der Waals surface area contributed by atoms with Crippen LogP contribution in [0.3, 0.4) is 0 Å². The van der Waals surface area contributed by atoms with E-state index in [-0.39, 0.29) is 5.97 Å². The van der Waals surface area contributed by atoms with Gasteiger partial charge in [-0.1, -0.05) is 6.07 Å². The molecule has 0 atom stereocenters. The molecule has 0 N–H and O–H groups in total. The maximum Gasteiger partial charge on any atom is 0.333 e. The lowest BCUT2D eigenvalue weighted by atomic mass is 10.0. The molecule has 17 heavy (non-hydrogen) atoms. The van der Waals surface area contributed by atoms with E-state index in [9.17, 15) is 4.79 Å². The molecule has 3 heteroatoms. The minimum Gasteiger partial charge on any atom is -0.493 e. The van der Waals surface area contributed by atoms with Gasteiger partial charge in [0.1, 0.15) is 5.75 Å². The van der Waals surface area contributed by atoms with E-state index in [4.69, 9.17) is 4.74 Å². The Morgan fingerprint density at radius 2 is 2.29 bits per heavy atom. The zero-order valence-corrected chi connectivity index (χ0v) is 10.2. The van der Waals surface area contributed by atoms with Crippen LogP contribution >= 0.6 is 0 Å². The van der Waals surface area contributed by atoms with Gasteiger partial charge in [-0.2, -0.15) is 0 Å². The molecule has 2 rings (SSSR count). The van der Waals surface area contributed by atoms with Crippen LogP contribution in [0.5, 0.6) is 5.75 Å². The summed E-state index contributed by atoms with van der Waals surface area (Å²) < 4.78 is 10.2. The van der Waals surface area contributed by atoms with Crippen LogP contribution in [0.4, 0.5) is 0 Å². The van der Waals surface area contributed by atoms with Crippen LogP contribution in [0.25, 0.3) is 6.08 Å². The normalized spacial score (nSPS) is 14.8. The summed E-state index contributed by atoms with van der Waals surface area (Å²) in [6.45, 7) is 2.55. The molecule has 0 saturated heterocycles. The third-order valence-corrected chi connectivity index (χ3v) is 2.82. The Hall–Kier alpha value is -1.77. The van der Waals surface area contributed by atoms with E-state index in [1.165, 1.54) is 12.7 Å². The average molecular weight is 232 g/mol. The van der Waals surface area contributed by atoms with Crippen molar-refractivity contribution in [1.82, 2.24) is 0 Å². The van der Waals surface area contributed by atoms with Gasteiger partial charge in [0.05, 0.1) is 13.7 Å². The number of rotatable bonds is 2. The second-order valence-corrected chi connectivity index (χ2v) is 4.14. The Morgan fingerprint density at radius 3 is 3.06 bits per heavy atom. The van der Waals surface area contributed by atoms with Crippen LogP contribution in [0.1, 0.15) is 24.5 Å². The maximum atomic E-state index is 11.3. The number of methoxy groups -OCH3 is 1. The first-order valence-electron chi connectivity index (χ1n) is 5.73. The molecule has 0 bridgehead atoms. The molecule has 0 aromatic heterocycles. The van der Waals surface area contributed by atoms with E-state index in [1.54, 1.807) is 6.92 Å². The monoisotopic (exact) mass is 232 g/mol. The summed E-state index contributed by atoms with van der Waals surface area (Å²) in [6, 6.07) is 5.99. The van der Waals surface area contributed by atoms with Gasteiger partial charge in [0.2, 0.25) is 0 Å². The first-order valence-corrected chi connectivity index (χ1v) is 5.73.